The van der Waals surface area contributed by atoms with Gasteiger partial charge in [0.05, 0.1) is 12.6 Å². The Balaban J connectivity index is 1.20. The van der Waals surface area contributed by atoms with Gasteiger partial charge in [-0.05, 0) is 49.9 Å². The summed E-state index contributed by atoms with van der Waals surface area (Å²) in [6.45, 7) is 3.79. The number of carbonyl (C=O) groups excluding carboxylic acids is 1. The Kier molecular flexibility index (Phi) is 5.43. The smallest absolute Gasteiger partial charge is 0.238 e. The minimum atomic E-state index is -0.278. The van der Waals surface area contributed by atoms with Crippen molar-refractivity contribution < 1.29 is 14.6 Å². The third-order valence-electron chi connectivity index (χ3n) is 5.81. The predicted molar refractivity (Wildman–Crippen MR) is 100 cm³/mol. The molecule has 2 saturated heterocycles. The number of aliphatic hydroxyl groups is 1. The molecule has 0 radical (unpaired) electrons. The van der Waals surface area contributed by atoms with Crippen LogP contribution in [0.5, 0.6) is 5.75 Å². The fraction of sp³-hybridized carbons (Fsp3) is 0.650. The molecular formula is C20H29N3O3. The molecule has 142 valence electrons. The van der Waals surface area contributed by atoms with Gasteiger partial charge in [0.25, 0.3) is 0 Å². The molecule has 1 amide bonds. The molecule has 2 heterocycles. The van der Waals surface area contributed by atoms with E-state index >= 15 is 0 Å². The molecule has 0 bridgehead atoms. The van der Waals surface area contributed by atoms with E-state index in [0.717, 1.165) is 43.4 Å². The first kappa shape index (κ1) is 17.8. The normalized spacial score (nSPS) is 23.3. The number of aliphatic hydroxyl groups excluding tert-OH is 1. The third kappa shape index (κ3) is 4.37. The summed E-state index contributed by atoms with van der Waals surface area (Å²) in [5, 5.41) is 12.1. The highest BCUT2D eigenvalue weighted by Gasteiger charge is 2.29. The van der Waals surface area contributed by atoms with E-state index in [1.807, 2.05) is 29.2 Å². The molecule has 0 aromatic heterocycles. The predicted octanol–water partition coefficient (Wildman–Crippen LogP) is 1.70. The number of likely N-dealkylation sites (tertiary alicyclic amines) is 2. The maximum atomic E-state index is 12.0. The van der Waals surface area contributed by atoms with Crippen molar-refractivity contribution in [3.63, 3.8) is 0 Å². The number of anilines is 1. The highest BCUT2D eigenvalue weighted by molar-refractivity contribution is 5.92. The number of hydrogen-bond acceptors (Lipinski definition) is 5. The summed E-state index contributed by atoms with van der Waals surface area (Å²) in [6.07, 6.45) is 6.34. The molecule has 1 aromatic carbocycles. The van der Waals surface area contributed by atoms with E-state index in [0.29, 0.717) is 25.7 Å². The lowest BCUT2D eigenvalue weighted by atomic mass is 9.90. The van der Waals surface area contributed by atoms with Gasteiger partial charge in [-0.25, -0.2) is 0 Å². The number of benzene rings is 1. The molecular weight excluding hydrogens is 330 g/mol. The Morgan fingerprint density at radius 2 is 1.81 bits per heavy atom. The van der Waals surface area contributed by atoms with Crippen LogP contribution in [0.4, 0.5) is 5.69 Å². The van der Waals surface area contributed by atoms with E-state index in [1.54, 1.807) is 0 Å². The van der Waals surface area contributed by atoms with Crippen molar-refractivity contribution >= 4 is 11.6 Å². The lowest BCUT2D eigenvalue weighted by Crippen LogP contribution is -2.53. The standard InChI is InChI=1S/C20H29N3O3/c24-17-12-22(13-17)14-20(25)21-15-4-6-18(7-5-15)26-19-8-10-23(11-9-19)16-2-1-3-16/h4-7,16-17,19,24H,1-3,8-14H2,(H,21,25). The molecule has 0 spiro atoms. The second-order valence-electron chi connectivity index (χ2n) is 7.86. The highest BCUT2D eigenvalue weighted by atomic mass is 16.5. The fourth-order valence-electron chi connectivity index (χ4n) is 4.00. The van der Waals surface area contributed by atoms with Crippen molar-refractivity contribution in [1.29, 1.82) is 0 Å². The van der Waals surface area contributed by atoms with Crippen LogP contribution in [0.1, 0.15) is 32.1 Å². The van der Waals surface area contributed by atoms with Gasteiger partial charge in [0.2, 0.25) is 5.91 Å². The van der Waals surface area contributed by atoms with Gasteiger partial charge in [-0.1, -0.05) is 6.42 Å². The Morgan fingerprint density at radius 1 is 1.12 bits per heavy atom. The van der Waals surface area contributed by atoms with Gasteiger partial charge in [0.1, 0.15) is 11.9 Å². The van der Waals surface area contributed by atoms with Crippen molar-refractivity contribution in [2.24, 2.45) is 0 Å². The van der Waals surface area contributed by atoms with Crippen LogP contribution in [0, 0.1) is 0 Å². The lowest BCUT2D eigenvalue weighted by molar-refractivity contribution is -0.119. The number of β-amino-alcohol motifs (C(OH)–C–C–N with tert-alkyl or cyclic N) is 1. The number of amides is 1. The molecule has 1 aromatic rings. The molecule has 6 nitrogen and oxygen atoms in total. The summed E-state index contributed by atoms with van der Waals surface area (Å²) < 4.78 is 6.12. The molecule has 1 saturated carbocycles. The number of carbonyl (C=O) groups is 1. The molecule has 2 N–H and O–H groups in total. The molecule has 3 fully saturated rings. The zero-order valence-electron chi connectivity index (χ0n) is 15.3. The summed E-state index contributed by atoms with van der Waals surface area (Å²) in [7, 11) is 0. The van der Waals surface area contributed by atoms with Crippen LogP contribution in [-0.4, -0.2) is 71.8 Å². The SMILES string of the molecule is O=C(CN1CC(O)C1)Nc1ccc(OC2CCN(C3CCC3)CC2)cc1. The second kappa shape index (κ2) is 7.94. The van der Waals surface area contributed by atoms with Crippen LogP contribution in [0.15, 0.2) is 24.3 Å². The second-order valence-corrected chi connectivity index (χ2v) is 7.86. The first-order valence-electron chi connectivity index (χ1n) is 9.87. The largest absolute Gasteiger partial charge is 0.490 e. The summed E-state index contributed by atoms with van der Waals surface area (Å²) in [4.78, 5) is 16.5. The molecule has 3 aliphatic rings. The van der Waals surface area contributed by atoms with Crippen molar-refractivity contribution in [3.8, 4) is 5.75 Å². The van der Waals surface area contributed by atoms with E-state index in [-0.39, 0.29) is 12.0 Å². The molecule has 4 rings (SSSR count). The number of nitrogens with one attached hydrogen (secondary N) is 1. The topological polar surface area (TPSA) is 65.0 Å². The van der Waals surface area contributed by atoms with Crippen molar-refractivity contribution in [3.05, 3.63) is 24.3 Å². The van der Waals surface area contributed by atoms with Crippen LogP contribution in [0.25, 0.3) is 0 Å². The van der Waals surface area contributed by atoms with Crippen LogP contribution in [0.3, 0.4) is 0 Å². The van der Waals surface area contributed by atoms with Gasteiger partial charge in [-0.15, -0.1) is 0 Å². The maximum absolute atomic E-state index is 12.0. The van der Waals surface area contributed by atoms with Gasteiger partial charge < -0.3 is 20.1 Å². The Morgan fingerprint density at radius 3 is 2.38 bits per heavy atom. The zero-order valence-corrected chi connectivity index (χ0v) is 15.3. The van der Waals surface area contributed by atoms with Gasteiger partial charge in [0, 0.05) is 37.9 Å². The average molecular weight is 359 g/mol. The van der Waals surface area contributed by atoms with Crippen molar-refractivity contribution in [2.75, 3.05) is 38.0 Å². The zero-order chi connectivity index (χ0) is 17.9. The molecule has 26 heavy (non-hydrogen) atoms. The van der Waals surface area contributed by atoms with Crippen LogP contribution >= 0.6 is 0 Å². The number of nitrogens with zero attached hydrogens (tertiary/aromatic N) is 2. The van der Waals surface area contributed by atoms with Crippen LogP contribution in [-0.2, 0) is 4.79 Å². The van der Waals surface area contributed by atoms with E-state index in [9.17, 15) is 9.90 Å². The number of rotatable bonds is 6. The number of piperidine rings is 1. The molecule has 1 aliphatic carbocycles. The lowest BCUT2D eigenvalue weighted by Gasteiger charge is -2.41. The van der Waals surface area contributed by atoms with Crippen LogP contribution < -0.4 is 10.1 Å². The van der Waals surface area contributed by atoms with Gasteiger partial charge >= 0.3 is 0 Å². The van der Waals surface area contributed by atoms with E-state index in [4.69, 9.17) is 4.74 Å². The molecule has 0 unspecified atom stereocenters. The number of ether oxygens (including phenoxy) is 1. The monoisotopic (exact) mass is 359 g/mol. The molecule has 2 aliphatic heterocycles. The summed E-state index contributed by atoms with van der Waals surface area (Å²) in [6, 6.07) is 8.48. The van der Waals surface area contributed by atoms with Crippen molar-refractivity contribution in [2.45, 2.75) is 50.4 Å². The summed E-state index contributed by atoms with van der Waals surface area (Å²) in [5.41, 5.74) is 0.781. The highest BCUT2D eigenvalue weighted by Crippen LogP contribution is 2.28. The Bertz CT molecular complexity index is 603. The van der Waals surface area contributed by atoms with Gasteiger partial charge in [0.15, 0.2) is 0 Å². The first-order valence-corrected chi connectivity index (χ1v) is 9.87. The van der Waals surface area contributed by atoms with Crippen LogP contribution in [0.2, 0.25) is 0 Å². The first-order chi connectivity index (χ1) is 12.7. The third-order valence-corrected chi connectivity index (χ3v) is 5.81. The summed E-state index contributed by atoms with van der Waals surface area (Å²) >= 11 is 0. The molecule has 6 heteroatoms. The van der Waals surface area contributed by atoms with Crippen molar-refractivity contribution in [1.82, 2.24) is 9.80 Å². The number of hydrogen-bond donors (Lipinski definition) is 2. The maximum Gasteiger partial charge on any atom is 0.238 e. The van der Waals surface area contributed by atoms with Gasteiger partial charge in [-0.2, -0.15) is 0 Å². The van der Waals surface area contributed by atoms with E-state index in [1.165, 1.54) is 19.3 Å². The van der Waals surface area contributed by atoms with Gasteiger partial charge in [-0.3, -0.25) is 9.69 Å². The van der Waals surface area contributed by atoms with E-state index < -0.39 is 0 Å². The van der Waals surface area contributed by atoms with E-state index in [2.05, 4.69) is 10.2 Å². The quantitative estimate of drug-likeness (QED) is 0.809. The minimum Gasteiger partial charge on any atom is -0.490 e. The molecule has 0 atom stereocenters. The Labute approximate surface area is 155 Å². The average Bonchev–Trinajstić information content (AvgIpc) is 2.55. The summed E-state index contributed by atoms with van der Waals surface area (Å²) in [5.74, 6) is 0.824. The Hall–Kier alpha value is -1.63. The minimum absolute atomic E-state index is 0.0473. The fourth-order valence-corrected chi connectivity index (χ4v) is 4.00.